The van der Waals surface area contributed by atoms with Crippen LogP contribution in [0.5, 0.6) is 5.75 Å². The fourth-order valence-corrected chi connectivity index (χ4v) is 3.77. The number of methoxy groups -OCH3 is 1. The molecular formula is C21H36IN3O2. The van der Waals surface area contributed by atoms with Crippen molar-refractivity contribution in [1.29, 1.82) is 0 Å². The topological polar surface area (TPSA) is 54.9 Å². The molecule has 0 bridgehead atoms. The van der Waals surface area contributed by atoms with E-state index in [1.165, 1.54) is 31.2 Å². The van der Waals surface area contributed by atoms with Crippen molar-refractivity contribution in [1.82, 2.24) is 10.6 Å². The molecule has 1 aromatic rings. The van der Waals surface area contributed by atoms with Gasteiger partial charge < -0.3 is 20.1 Å². The molecular weight excluding hydrogens is 453 g/mol. The Morgan fingerprint density at radius 2 is 1.93 bits per heavy atom. The summed E-state index contributed by atoms with van der Waals surface area (Å²) in [6.45, 7) is 5.34. The molecule has 154 valence electrons. The molecule has 1 aromatic carbocycles. The summed E-state index contributed by atoms with van der Waals surface area (Å²) in [5, 5.41) is 6.98. The zero-order valence-electron chi connectivity index (χ0n) is 17.1. The van der Waals surface area contributed by atoms with Gasteiger partial charge in [0, 0.05) is 33.9 Å². The molecule has 5 nitrogen and oxygen atoms in total. The summed E-state index contributed by atoms with van der Waals surface area (Å²) >= 11 is 0. The number of rotatable bonds is 10. The fraction of sp³-hybridized carbons (Fsp3) is 0.667. The van der Waals surface area contributed by atoms with E-state index in [2.05, 4.69) is 27.8 Å². The lowest BCUT2D eigenvalue weighted by Crippen LogP contribution is -2.43. The number of halogens is 1. The Morgan fingerprint density at radius 3 is 2.59 bits per heavy atom. The normalized spacial score (nSPS) is 15.9. The van der Waals surface area contributed by atoms with Gasteiger partial charge in [0.2, 0.25) is 0 Å². The molecule has 1 saturated carbocycles. The van der Waals surface area contributed by atoms with Crippen LogP contribution in [0.1, 0.15) is 44.6 Å². The average Bonchev–Trinajstić information content (AvgIpc) is 3.13. The summed E-state index contributed by atoms with van der Waals surface area (Å²) in [6, 6.07) is 8.24. The van der Waals surface area contributed by atoms with Crippen LogP contribution in [0.25, 0.3) is 0 Å². The van der Waals surface area contributed by atoms with Crippen LogP contribution in [0.2, 0.25) is 0 Å². The van der Waals surface area contributed by atoms with Crippen LogP contribution in [0.4, 0.5) is 0 Å². The smallest absolute Gasteiger partial charge is 0.191 e. The van der Waals surface area contributed by atoms with E-state index in [0.717, 1.165) is 44.2 Å². The molecule has 1 fully saturated rings. The first-order valence-corrected chi connectivity index (χ1v) is 9.87. The van der Waals surface area contributed by atoms with E-state index in [0.29, 0.717) is 12.0 Å². The Balaban J connectivity index is 0.00000364. The van der Waals surface area contributed by atoms with Crippen molar-refractivity contribution in [2.75, 3.05) is 40.5 Å². The molecule has 2 N–H and O–H groups in total. The predicted octanol–water partition coefficient (Wildman–Crippen LogP) is 4.01. The van der Waals surface area contributed by atoms with Crippen molar-refractivity contribution in [3.05, 3.63) is 29.8 Å². The maximum absolute atomic E-state index is 5.70. The molecule has 0 saturated heterocycles. The molecule has 2 rings (SSSR count). The van der Waals surface area contributed by atoms with E-state index >= 15 is 0 Å². The fourth-order valence-electron chi connectivity index (χ4n) is 3.77. The molecule has 0 atom stereocenters. The summed E-state index contributed by atoms with van der Waals surface area (Å²) in [5.74, 6) is 1.85. The SMILES string of the molecule is CCOc1ccccc1CCNC(=NC)NCC1(CCOC)CCCC1.I. The quantitative estimate of drug-likeness (QED) is 0.296. The second-order valence-electron chi connectivity index (χ2n) is 7.09. The van der Waals surface area contributed by atoms with Crippen LogP contribution in [0, 0.1) is 5.41 Å². The van der Waals surface area contributed by atoms with Crippen LogP contribution in [0.15, 0.2) is 29.3 Å². The molecule has 0 aliphatic heterocycles. The van der Waals surface area contributed by atoms with Crippen molar-refractivity contribution in [2.24, 2.45) is 10.4 Å². The van der Waals surface area contributed by atoms with Gasteiger partial charge in [0.25, 0.3) is 0 Å². The van der Waals surface area contributed by atoms with Crippen molar-refractivity contribution >= 4 is 29.9 Å². The van der Waals surface area contributed by atoms with Gasteiger partial charge in [0.15, 0.2) is 5.96 Å². The van der Waals surface area contributed by atoms with E-state index in [-0.39, 0.29) is 24.0 Å². The number of guanidine groups is 1. The van der Waals surface area contributed by atoms with Crippen LogP contribution < -0.4 is 15.4 Å². The highest BCUT2D eigenvalue weighted by molar-refractivity contribution is 14.0. The first-order chi connectivity index (χ1) is 12.7. The second-order valence-corrected chi connectivity index (χ2v) is 7.09. The lowest BCUT2D eigenvalue weighted by molar-refractivity contribution is 0.138. The Labute approximate surface area is 181 Å². The van der Waals surface area contributed by atoms with Gasteiger partial charge in [-0.15, -0.1) is 24.0 Å². The van der Waals surface area contributed by atoms with Gasteiger partial charge in [-0.05, 0) is 49.7 Å². The third-order valence-electron chi connectivity index (χ3n) is 5.31. The number of hydrogen-bond donors (Lipinski definition) is 2. The third kappa shape index (κ3) is 7.86. The first kappa shape index (κ1) is 24.0. The lowest BCUT2D eigenvalue weighted by Gasteiger charge is -2.30. The minimum atomic E-state index is 0. The molecule has 0 amide bonds. The van der Waals surface area contributed by atoms with Crippen molar-refractivity contribution in [3.8, 4) is 5.75 Å². The Bertz CT molecular complexity index is 560. The third-order valence-corrected chi connectivity index (χ3v) is 5.31. The molecule has 0 heterocycles. The van der Waals surface area contributed by atoms with E-state index in [9.17, 15) is 0 Å². The van der Waals surface area contributed by atoms with Gasteiger partial charge in [-0.2, -0.15) is 0 Å². The number of nitrogens with zero attached hydrogens (tertiary/aromatic N) is 1. The Kier molecular flexibility index (Phi) is 11.7. The molecule has 27 heavy (non-hydrogen) atoms. The Hall–Kier alpha value is -1.02. The number of aliphatic imine (C=N–C) groups is 1. The number of benzene rings is 1. The van der Waals surface area contributed by atoms with E-state index in [1.54, 1.807) is 7.11 Å². The number of para-hydroxylation sites is 1. The molecule has 0 unspecified atom stereocenters. The second kappa shape index (κ2) is 13.2. The highest BCUT2D eigenvalue weighted by atomic mass is 127. The molecule has 0 aromatic heterocycles. The van der Waals surface area contributed by atoms with Crippen molar-refractivity contribution in [3.63, 3.8) is 0 Å². The van der Waals surface area contributed by atoms with Crippen LogP contribution >= 0.6 is 24.0 Å². The van der Waals surface area contributed by atoms with Gasteiger partial charge in [0.05, 0.1) is 6.61 Å². The number of nitrogens with one attached hydrogen (secondary N) is 2. The summed E-state index contributed by atoms with van der Waals surface area (Å²) in [5.41, 5.74) is 1.58. The average molecular weight is 489 g/mol. The van der Waals surface area contributed by atoms with Gasteiger partial charge in [0.1, 0.15) is 5.75 Å². The minimum absolute atomic E-state index is 0. The van der Waals surface area contributed by atoms with Crippen molar-refractivity contribution < 1.29 is 9.47 Å². The predicted molar refractivity (Wildman–Crippen MR) is 123 cm³/mol. The summed E-state index contributed by atoms with van der Waals surface area (Å²) in [4.78, 5) is 4.38. The number of ether oxygens (including phenoxy) is 2. The molecule has 6 heteroatoms. The van der Waals surface area contributed by atoms with Gasteiger partial charge in [-0.1, -0.05) is 31.0 Å². The number of hydrogen-bond acceptors (Lipinski definition) is 3. The van der Waals surface area contributed by atoms with Gasteiger partial charge in [-0.3, -0.25) is 4.99 Å². The lowest BCUT2D eigenvalue weighted by atomic mass is 9.83. The molecule has 0 radical (unpaired) electrons. The summed E-state index contributed by atoms with van der Waals surface area (Å²) in [7, 11) is 3.62. The monoisotopic (exact) mass is 489 g/mol. The summed E-state index contributed by atoms with van der Waals surface area (Å²) < 4.78 is 11.0. The minimum Gasteiger partial charge on any atom is -0.494 e. The maximum Gasteiger partial charge on any atom is 0.191 e. The Morgan fingerprint density at radius 1 is 1.19 bits per heavy atom. The summed E-state index contributed by atoms with van der Waals surface area (Å²) in [6.07, 6.45) is 7.24. The molecule has 0 spiro atoms. The van der Waals surface area contributed by atoms with E-state index in [1.807, 2.05) is 26.1 Å². The van der Waals surface area contributed by atoms with Crippen LogP contribution in [-0.2, 0) is 11.2 Å². The zero-order valence-corrected chi connectivity index (χ0v) is 19.4. The molecule has 1 aliphatic rings. The maximum atomic E-state index is 5.70. The largest absolute Gasteiger partial charge is 0.494 e. The van der Waals surface area contributed by atoms with Crippen LogP contribution in [-0.4, -0.2) is 46.4 Å². The van der Waals surface area contributed by atoms with Crippen molar-refractivity contribution in [2.45, 2.75) is 45.4 Å². The first-order valence-electron chi connectivity index (χ1n) is 9.87. The van der Waals surface area contributed by atoms with Gasteiger partial charge in [-0.25, -0.2) is 0 Å². The highest BCUT2D eigenvalue weighted by Gasteiger charge is 2.33. The zero-order chi connectivity index (χ0) is 18.7. The van der Waals surface area contributed by atoms with E-state index in [4.69, 9.17) is 9.47 Å². The van der Waals surface area contributed by atoms with Crippen LogP contribution in [0.3, 0.4) is 0 Å². The standard InChI is InChI=1S/C21H35N3O2.HI/c1-4-26-19-10-6-5-9-18(19)11-15-23-20(22-2)24-17-21(14-16-25-3)12-7-8-13-21;/h5-6,9-10H,4,7-8,11-17H2,1-3H3,(H2,22,23,24);1H. The highest BCUT2D eigenvalue weighted by Crippen LogP contribution is 2.40. The van der Waals surface area contributed by atoms with Gasteiger partial charge >= 0.3 is 0 Å². The molecule has 1 aliphatic carbocycles. The van der Waals surface area contributed by atoms with E-state index < -0.39 is 0 Å².